The zero-order valence-corrected chi connectivity index (χ0v) is 4.75. The molecule has 0 spiro atoms. The van der Waals surface area contributed by atoms with Gasteiger partial charge in [-0.2, -0.15) is 0 Å². The van der Waals surface area contributed by atoms with Crippen molar-refractivity contribution < 1.29 is 4.57 Å². The second-order valence-corrected chi connectivity index (χ2v) is 5.67. The molecule has 0 atom stereocenters. The molecular formula is H6B3OP. The van der Waals surface area contributed by atoms with Crippen LogP contribution in [0.3, 0.4) is 0 Å². The summed E-state index contributed by atoms with van der Waals surface area (Å²) in [4.78, 5) is 0. The molecule has 5 heavy (non-hydrogen) atoms. The maximum Gasteiger partial charge on any atom is 0.159 e. The van der Waals surface area contributed by atoms with Crippen molar-refractivity contribution in [2.45, 2.75) is 0 Å². The molecule has 0 N–H and O–H groups in total. The monoisotopic (exact) mass is 86.0 g/mol. The van der Waals surface area contributed by atoms with E-state index in [4.69, 9.17) is 0 Å². The van der Waals surface area contributed by atoms with E-state index in [0.717, 1.165) is 0 Å². The summed E-state index contributed by atoms with van der Waals surface area (Å²) in [5.41, 5.74) is 0. The largest absolute Gasteiger partial charge is 0.355 e. The Morgan fingerprint density at radius 2 is 1.20 bits per heavy atom. The molecule has 0 aromatic heterocycles. The molecule has 0 bridgehead atoms. The van der Waals surface area contributed by atoms with Gasteiger partial charge in [0.2, 0.25) is 0 Å². The molecular weight excluding hydrogens is 79.4 g/mol. The van der Waals surface area contributed by atoms with Gasteiger partial charge in [-0.1, -0.05) is 0 Å². The zero-order chi connectivity index (χ0) is 4.50. The molecule has 0 saturated heterocycles. The predicted octanol–water partition coefficient (Wildman–Crippen LogP) is -2.01. The van der Waals surface area contributed by atoms with Gasteiger partial charge >= 0.3 is 0 Å². The van der Waals surface area contributed by atoms with Gasteiger partial charge in [0.25, 0.3) is 0 Å². The highest BCUT2D eigenvalue weighted by Gasteiger charge is 1.91. The van der Waals surface area contributed by atoms with Crippen molar-refractivity contribution in [3.05, 3.63) is 0 Å². The van der Waals surface area contributed by atoms with Crippen LogP contribution >= 0.6 is 6.78 Å². The fourth-order valence-electron chi connectivity index (χ4n) is 0. The van der Waals surface area contributed by atoms with E-state index in [-0.39, 0.29) is 0 Å². The van der Waals surface area contributed by atoms with Gasteiger partial charge in [-0.05, 0) is 6.78 Å². The molecule has 26 valence electrons. The van der Waals surface area contributed by atoms with Crippen LogP contribution in [0.25, 0.3) is 0 Å². The van der Waals surface area contributed by atoms with Crippen LogP contribution in [-0.2, 0) is 4.57 Å². The van der Waals surface area contributed by atoms with Crippen molar-refractivity contribution in [2.24, 2.45) is 0 Å². The standard InChI is InChI=1S/B3H6OP/c1-5(2,3)4/h1-3H2. The predicted molar refractivity (Wildman–Crippen MR) is 33.2 cm³/mol. The summed E-state index contributed by atoms with van der Waals surface area (Å²) in [6.45, 7) is -1.64. The first-order valence-electron chi connectivity index (χ1n) is 1.52. The summed E-state index contributed by atoms with van der Waals surface area (Å²) in [7, 11) is 5.23. The van der Waals surface area contributed by atoms with Gasteiger partial charge in [-0.15, -0.1) is 0 Å². The quantitative estimate of drug-likeness (QED) is 0.246. The Morgan fingerprint density at radius 1 is 1.20 bits per heavy atom. The van der Waals surface area contributed by atoms with E-state index in [9.17, 15) is 4.57 Å². The Kier molecular flexibility index (Phi) is 1.36. The number of rotatable bonds is 0. The van der Waals surface area contributed by atoms with Crippen molar-refractivity contribution in [2.75, 3.05) is 0 Å². The maximum absolute atomic E-state index is 10.2. The smallest absolute Gasteiger partial charge is 0.159 e. The SMILES string of the molecule is BP(B)(B)=O. The third kappa shape index (κ3) is 144. The minimum atomic E-state index is -1.64. The highest BCUT2D eigenvalue weighted by atomic mass is 31.2. The lowest BCUT2D eigenvalue weighted by atomic mass is 10.7. The van der Waals surface area contributed by atoms with Gasteiger partial charge in [0.15, 0.2) is 22.7 Å². The van der Waals surface area contributed by atoms with E-state index in [1.807, 2.05) is 0 Å². The van der Waals surface area contributed by atoms with Crippen LogP contribution in [0.1, 0.15) is 0 Å². The van der Waals surface area contributed by atoms with Gasteiger partial charge in [0, 0.05) is 0 Å². The number of hydrogen-bond acceptors (Lipinski definition) is 1. The average molecular weight is 85.5 g/mol. The first-order valence-corrected chi connectivity index (χ1v) is 4.57. The normalized spacial score (nSPS) is 11.2. The zero-order valence-electron chi connectivity index (χ0n) is 3.86. The van der Waals surface area contributed by atoms with E-state index < -0.39 is 6.78 Å². The van der Waals surface area contributed by atoms with Crippen molar-refractivity contribution in [3.8, 4) is 0 Å². The molecule has 0 fully saturated rings. The Hall–Kier alpha value is 0.425. The van der Waals surface area contributed by atoms with E-state index in [1.54, 1.807) is 22.7 Å². The summed E-state index contributed by atoms with van der Waals surface area (Å²) in [6, 6.07) is 0. The second kappa shape index (κ2) is 1.26. The van der Waals surface area contributed by atoms with Crippen molar-refractivity contribution in [1.82, 2.24) is 0 Å². The Balaban J connectivity index is 3.47. The van der Waals surface area contributed by atoms with Gasteiger partial charge in [-0.3, -0.25) is 0 Å². The molecule has 0 aromatic carbocycles. The first-order chi connectivity index (χ1) is 2.00. The summed E-state index contributed by atoms with van der Waals surface area (Å²) in [6.07, 6.45) is 0. The van der Waals surface area contributed by atoms with Gasteiger partial charge < -0.3 is 4.57 Å². The van der Waals surface area contributed by atoms with E-state index in [0.29, 0.717) is 0 Å². The molecule has 0 aliphatic carbocycles. The highest BCUT2D eigenvalue weighted by molar-refractivity contribution is 8.21. The van der Waals surface area contributed by atoms with Gasteiger partial charge in [0.05, 0.1) is 0 Å². The molecule has 0 rings (SSSR count). The Labute approximate surface area is 35.0 Å². The summed E-state index contributed by atoms with van der Waals surface area (Å²) >= 11 is 0. The summed E-state index contributed by atoms with van der Waals surface area (Å²) in [5.74, 6) is 0. The molecule has 5 heteroatoms. The maximum atomic E-state index is 10.2. The fraction of sp³-hybridized carbons (Fsp3) is 0. The van der Waals surface area contributed by atoms with Crippen LogP contribution in [-0.4, -0.2) is 22.7 Å². The van der Waals surface area contributed by atoms with Crippen molar-refractivity contribution in [3.63, 3.8) is 0 Å². The van der Waals surface area contributed by atoms with Crippen molar-refractivity contribution in [1.29, 1.82) is 0 Å². The Morgan fingerprint density at radius 3 is 1.20 bits per heavy atom. The minimum absolute atomic E-state index is 1.64. The third-order valence-corrected chi connectivity index (χ3v) is 0. The fourth-order valence-corrected chi connectivity index (χ4v) is 0. The number of hydrogen-bond donors (Lipinski definition) is 0. The average Bonchev–Trinajstić information content (AvgIpc) is 0.722. The van der Waals surface area contributed by atoms with Crippen molar-refractivity contribution >= 4 is 29.5 Å². The van der Waals surface area contributed by atoms with Crippen LogP contribution in [0.2, 0.25) is 0 Å². The molecule has 1 nitrogen and oxygen atoms in total. The summed E-state index contributed by atoms with van der Waals surface area (Å²) < 4.78 is 10.2. The van der Waals surface area contributed by atoms with Gasteiger partial charge in [0.1, 0.15) is 0 Å². The molecule has 0 aliphatic rings. The lowest BCUT2D eigenvalue weighted by Gasteiger charge is -1.85. The lowest BCUT2D eigenvalue weighted by Crippen LogP contribution is -1.71. The second-order valence-electron chi connectivity index (χ2n) is 1.89. The summed E-state index contributed by atoms with van der Waals surface area (Å²) in [5, 5.41) is 0. The first kappa shape index (κ1) is 5.42. The minimum Gasteiger partial charge on any atom is -0.355 e. The van der Waals surface area contributed by atoms with Crippen LogP contribution in [0, 0.1) is 0 Å². The third-order valence-electron chi connectivity index (χ3n) is 0. The van der Waals surface area contributed by atoms with Gasteiger partial charge in [-0.25, -0.2) is 0 Å². The highest BCUT2D eigenvalue weighted by Crippen LogP contribution is 2.23. The topological polar surface area (TPSA) is 17.1 Å². The van der Waals surface area contributed by atoms with Crippen LogP contribution in [0.15, 0.2) is 0 Å². The molecule has 0 amide bonds. The Bertz CT molecular complexity index is 53.0. The van der Waals surface area contributed by atoms with Crippen LogP contribution in [0.4, 0.5) is 0 Å². The van der Waals surface area contributed by atoms with E-state index in [2.05, 4.69) is 0 Å². The molecule has 0 aromatic rings. The molecule has 0 aliphatic heterocycles. The molecule has 0 saturated carbocycles. The van der Waals surface area contributed by atoms with E-state index in [1.165, 1.54) is 0 Å². The molecule has 0 radical (unpaired) electrons. The van der Waals surface area contributed by atoms with Crippen LogP contribution < -0.4 is 0 Å². The van der Waals surface area contributed by atoms with Crippen LogP contribution in [0.5, 0.6) is 0 Å². The molecule has 0 heterocycles. The van der Waals surface area contributed by atoms with E-state index >= 15 is 0 Å². The molecule has 0 unspecified atom stereocenters. The lowest BCUT2D eigenvalue weighted by molar-refractivity contribution is 0.600.